The lowest BCUT2D eigenvalue weighted by Gasteiger charge is -2.48. The molecule has 0 bridgehead atoms. The highest BCUT2D eigenvalue weighted by atomic mass is 16.8. The van der Waals surface area contributed by atoms with Gasteiger partial charge in [-0.15, -0.1) is 0 Å². The van der Waals surface area contributed by atoms with E-state index in [2.05, 4.69) is 55.6 Å². The van der Waals surface area contributed by atoms with Crippen molar-refractivity contribution in [2.24, 2.45) is 0 Å². The predicted molar refractivity (Wildman–Crippen MR) is 411 cm³/mol. The topological polar surface area (TPSA) is 307 Å². The number of allylic oxidation sites excluding steroid dienone is 7. The minimum absolute atomic E-state index is 0.234. The van der Waals surface area contributed by atoms with Crippen LogP contribution in [0.15, 0.2) is 48.6 Å². The summed E-state index contributed by atoms with van der Waals surface area (Å²) in [5, 5.41) is 121. The highest BCUT2D eigenvalue weighted by Gasteiger charge is 2.54. The Morgan fingerprint density at radius 1 is 0.340 bits per heavy atom. The van der Waals surface area contributed by atoms with Gasteiger partial charge in [0.25, 0.3) is 0 Å². The number of carbonyl (C=O) groups is 1. The van der Waals surface area contributed by atoms with Crippen molar-refractivity contribution in [1.82, 2.24) is 5.32 Å². The summed E-state index contributed by atoms with van der Waals surface area (Å²) in [4.78, 5) is 13.5. The van der Waals surface area contributed by atoms with Gasteiger partial charge < -0.3 is 89.9 Å². The third kappa shape index (κ3) is 44.3. The van der Waals surface area contributed by atoms with Crippen LogP contribution in [-0.2, 0) is 33.2 Å². The highest BCUT2D eigenvalue weighted by Crippen LogP contribution is 2.33. The van der Waals surface area contributed by atoms with Gasteiger partial charge in [-0.1, -0.05) is 319 Å². The van der Waals surface area contributed by atoms with Crippen molar-refractivity contribution in [3.8, 4) is 0 Å². The van der Waals surface area contributed by atoms with Gasteiger partial charge in [0.2, 0.25) is 5.91 Å². The van der Waals surface area contributed by atoms with Gasteiger partial charge in [-0.3, -0.25) is 4.79 Å². The minimum atomic E-state index is -1.98. The molecule has 17 atom stereocenters. The van der Waals surface area contributed by atoms with Gasteiger partial charge in [0.05, 0.1) is 38.6 Å². The lowest BCUT2D eigenvalue weighted by Crippen LogP contribution is -2.66. The summed E-state index contributed by atoms with van der Waals surface area (Å²) < 4.78 is 34.5. The lowest BCUT2D eigenvalue weighted by atomic mass is 9.96. The molecule has 103 heavy (non-hydrogen) atoms. The number of hydrogen-bond acceptors (Lipinski definition) is 18. The molecule has 0 radical (unpaired) electrons. The molecule has 3 rings (SSSR count). The van der Waals surface area contributed by atoms with E-state index in [1.807, 2.05) is 6.08 Å². The average Bonchev–Trinajstić information content (AvgIpc) is 0.781. The molecule has 1 amide bonds. The maximum absolute atomic E-state index is 13.5. The molecule has 604 valence electrons. The Hall–Kier alpha value is -2.25. The Balaban J connectivity index is 1.38. The molecular weight excluding hydrogens is 1310 g/mol. The van der Waals surface area contributed by atoms with E-state index in [4.69, 9.17) is 28.4 Å². The van der Waals surface area contributed by atoms with Crippen LogP contribution in [0.4, 0.5) is 0 Å². The number of aliphatic hydroxyl groups is 11. The molecule has 17 unspecified atom stereocenters. The number of carbonyl (C=O) groups excluding carboxylic acids is 1. The summed E-state index contributed by atoms with van der Waals surface area (Å²) in [5.41, 5.74) is 0. The third-order valence-electron chi connectivity index (χ3n) is 21.1. The summed E-state index contributed by atoms with van der Waals surface area (Å²) in [6, 6.07) is -0.998. The second-order valence-electron chi connectivity index (χ2n) is 30.3. The van der Waals surface area contributed by atoms with Gasteiger partial charge in [0.1, 0.15) is 73.2 Å². The van der Waals surface area contributed by atoms with Crippen molar-refractivity contribution in [1.29, 1.82) is 0 Å². The molecule has 0 spiro atoms. The summed E-state index contributed by atoms with van der Waals surface area (Å²) in [7, 11) is 0. The Kier molecular flexibility index (Phi) is 59.5. The molecule has 3 fully saturated rings. The van der Waals surface area contributed by atoms with Crippen molar-refractivity contribution >= 4 is 5.91 Å². The van der Waals surface area contributed by atoms with Crippen molar-refractivity contribution in [2.75, 3.05) is 26.4 Å². The van der Waals surface area contributed by atoms with Crippen molar-refractivity contribution < 1.29 is 89.4 Å². The monoisotopic (exact) mass is 1470 g/mol. The quantitative estimate of drug-likeness (QED) is 0.0199. The Morgan fingerprint density at radius 3 is 0.971 bits per heavy atom. The van der Waals surface area contributed by atoms with Gasteiger partial charge in [0.15, 0.2) is 18.9 Å². The van der Waals surface area contributed by atoms with Crippen LogP contribution in [0, 0.1) is 0 Å². The van der Waals surface area contributed by atoms with E-state index in [-0.39, 0.29) is 18.9 Å². The van der Waals surface area contributed by atoms with Crippen molar-refractivity contribution in [2.45, 2.75) is 452 Å². The molecule has 0 aromatic heterocycles. The Bertz CT molecular complexity index is 2050. The SMILES string of the molecule is CCCCCCCCCC/C=C\CCCCCCCCCCCCCCCCCCCC(=O)NC(COC1OC(CO)C(OC2OC(CO)C(OC3OC(CO)C(O)C(O)C3O)C(O)C2O)C(O)C1O)C(O)/C=C/CC/C=C/CC/C=C/CCCCCCCCCCCCCCCCCCCCC. The first-order valence-corrected chi connectivity index (χ1v) is 42.4. The summed E-state index contributed by atoms with van der Waals surface area (Å²) in [6.07, 6.45) is 55.4. The maximum atomic E-state index is 13.5. The van der Waals surface area contributed by atoms with Crippen molar-refractivity contribution in [3.05, 3.63) is 48.6 Å². The normalized spacial score (nSPS) is 26.2. The van der Waals surface area contributed by atoms with E-state index >= 15 is 0 Å². The first kappa shape index (κ1) is 95.0. The third-order valence-corrected chi connectivity index (χ3v) is 21.1. The van der Waals surface area contributed by atoms with Crippen molar-refractivity contribution in [3.63, 3.8) is 0 Å². The smallest absolute Gasteiger partial charge is 0.220 e. The fourth-order valence-electron chi connectivity index (χ4n) is 14.3. The number of aliphatic hydroxyl groups excluding tert-OH is 11. The molecule has 19 heteroatoms. The van der Waals surface area contributed by atoms with Crippen LogP contribution >= 0.6 is 0 Å². The van der Waals surface area contributed by atoms with Crippen LogP contribution in [0.2, 0.25) is 0 Å². The van der Waals surface area contributed by atoms with Gasteiger partial charge in [0, 0.05) is 6.42 Å². The van der Waals surface area contributed by atoms with E-state index in [0.717, 1.165) is 44.9 Å². The summed E-state index contributed by atoms with van der Waals surface area (Å²) in [5.74, 6) is -0.284. The van der Waals surface area contributed by atoms with Crippen LogP contribution in [-0.4, -0.2) is 193 Å². The molecule has 19 nitrogen and oxygen atoms in total. The van der Waals surface area contributed by atoms with E-state index in [9.17, 15) is 61.0 Å². The Morgan fingerprint density at radius 2 is 0.621 bits per heavy atom. The predicted octanol–water partition coefficient (Wildman–Crippen LogP) is 14.8. The average molecular weight is 1470 g/mol. The zero-order chi connectivity index (χ0) is 74.6. The molecule has 3 aliphatic heterocycles. The van der Waals surface area contributed by atoms with E-state index in [0.29, 0.717) is 12.8 Å². The second-order valence-corrected chi connectivity index (χ2v) is 30.3. The molecule has 3 heterocycles. The van der Waals surface area contributed by atoms with Gasteiger partial charge >= 0.3 is 0 Å². The zero-order valence-electron chi connectivity index (χ0n) is 64.8. The van der Waals surface area contributed by atoms with Gasteiger partial charge in [-0.2, -0.15) is 0 Å². The van der Waals surface area contributed by atoms with Gasteiger partial charge in [-0.05, 0) is 70.6 Å². The standard InChI is InChI=1S/C84H155NO18/c1-3-5-7-9-11-13-15-17-19-21-23-25-27-29-31-33-35-37-39-41-43-45-47-49-51-53-55-57-59-61-68(89)67(85-72(90)62-60-58-56-54-52-50-48-46-44-42-40-38-36-34-32-30-28-26-24-22-20-18-16-14-12-10-8-6-4-2)66-98-82-78(96)75(93)80(70(64-87)100-82)103-84-79(97)76(94)81(71(65-88)101-84)102-83-77(95)74(92)73(91)69(63-86)99-83/h22,24,43,45,51,53,59,61,67-71,73-84,86-89,91-97H,3-21,23,25-42,44,46-50,52,54-58,60,62-66H2,1-2H3,(H,85,90)/b24-22-,45-43+,53-51+,61-59+. The molecule has 0 aromatic rings. The molecule has 0 aromatic carbocycles. The van der Waals surface area contributed by atoms with Crippen LogP contribution in [0.5, 0.6) is 0 Å². The number of rotatable bonds is 68. The first-order valence-electron chi connectivity index (χ1n) is 42.4. The number of unbranched alkanes of at least 4 members (excludes halogenated alkanes) is 46. The number of ether oxygens (including phenoxy) is 6. The van der Waals surface area contributed by atoms with E-state index < -0.39 is 124 Å². The molecule has 3 saturated heterocycles. The lowest BCUT2D eigenvalue weighted by molar-refractivity contribution is -0.379. The second kappa shape index (κ2) is 64.6. The molecule has 12 N–H and O–H groups in total. The minimum Gasteiger partial charge on any atom is -0.394 e. The zero-order valence-corrected chi connectivity index (χ0v) is 64.8. The van der Waals surface area contributed by atoms with Crippen LogP contribution < -0.4 is 5.32 Å². The van der Waals surface area contributed by atoms with E-state index in [1.54, 1.807) is 6.08 Å². The number of nitrogens with one attached hydrogen (secondary N) is 1. The number of hydrogen-bond donors (Lipinski definition) is 12. The van der Waals surface area contributed by atoms with Crippen LogP contribution in [0.3, 0.4) is 0 Å². The number of amides is 1. The van der Waals surface area contributed by atoms with Crippen LogP contribution in [0.1, 0.15) is 348 Å². The summed E-state index contributed by atoms with van der Waals surface area (Å²) >= 11 is 0. The Labute approximate surface area is 624 Å². The molecular formula is C84H155NO18. The fraction of sp³-hybridized carbons (Fsp3) is 0.893. The largest absolute Gasteiger partial charge is 0.394 e. The van der Waals surface area contributed by atoms with E-state index in [1.165, 1.54) is 270 Å². The summed E-state index contributed by atoms with van der Waals surface area (Å²) in [6.45, 7) is 1.76. The van der Waals surface area contributed by atoms with Crippen LogP contribution in [0.25, 0.3) is 0 Å². The van der Waals surface area contributed by atoms with Gasteiger partial charge in [-0.25, -0.2) is 0 Å². The molecule has 3 aliphatic rings. The maximum Gasteiger partial charge on any atom is 0.220 e. The molecule has 0 aliphatic carbocycles. The fourth-order valence-corrected chi connectivity index (χ4v) is 14.3. The highest BCUT2D eigenvalue weighted by molar-refractivity contribution is 5.76. The molecule has 0 saturated carbocycles. The first-order chi connectivity index (χ1) is 50.3.